The van der Waals surface area contributed by atoms with Crippen molar-refractivity contribution in [1.29, 1.82) is 0 Å². The van der Waals surface area contributed by atoms with E-state index in [9.17, 15) is 4.79 Å². The molecule has 3 rings (SSSR count). The lowest BCUT2D eigenvalue weighted by Crippen LogP contribution is -2.31. The molecule has 1 aliphatic heterocycles. The third-order valence-corrected chi connectivity index (χ3v) is 3.45. The Bertz CT molecular complexity index is 597. The highest BCUT2D eigenvalue weighted by molar-refractivity contribution is 5.76. The molecule has 2 bridgehead atoms. The zero-order valence-electron chi connectivity index (χ0n) is 11.7. The largest absolute Gasteiger partial charge is 0.373 e. The molecule has 0 fully saturated rings. The molecule has 1 amide bonds. The van der Waals surface area contributed by atoms with E-state index in [1.807, 2.05) is 36.5 Å². The highest BCUT2D eigenvalue weighted by atomic mass is 16.5. The Kier molecular flexibility index (Phi) is 4.25. The number of benzene rings is 1. The van der Waals surface area contributed by atoms with E-state index in [4.69, 9.17) is 4.74 Å². The van der Waals surface area contributed by atoms with Crippen LogP contribution in [-0.4, -0.2) is 27.5 Å². The third-order valence-electron chi connectivity index (χ3n) is 3.45. The van der Waals surface area contributed by atoms with Gasteiger partial charge in [-0.1, -0.05) is 35.5 Å². The molecule has 1 aromatic carbocycles. The standard InChI is InChI=1S/C15H18N4O2/c20-15-7-4-8-19-9-13(17-18-19)10-21-11-14(16-15)12-5-2-1-3-6-12/h1-3,5-6,9,14H,4,7-8,10-11H2,(H,16,20)/t14-/m1/s1. The summed E-state index contributed by atoms with van der Waals surface area (Å²) in [6.45, 7) is 1.51. The van der Waals surface area contributed by atoms with Crippen molar-refractivity contribution in [3.8, 4) is 0 Å². The molecule has 0 saturated heterocycles. The molecular formula is C15H18N4O2. The number of aryl methyl sites for hydroxylation is 1. The maximum atomic E-state index is 12.0. The van der Waals surface area contributed by atoms with Crippen LogP contribution < -0.4 is 5.32 Å². The van der Waals surface area contributed by atoms with Crippen molar-refractivity contribution in [3.05, 3.63) is 47.8 Å². The second-order valence-electron chi connectivity index (χ2n) is 5.12. The Labute approximate surface area is 123 Å². The number of rotatable bonds is 1. The van der Waals surface area contributed by atoms with Crippen molar-refractivity contribution in [2.45, 2.75) is 32.0 Å². The Morgan fingerprint density at radius 3 is 3.00 bits per heavy atom. The van der Waals surface area contributed by atoms with Crippen LogP contribution in [0.1, 0.15) is 30.1 Å². The summed E-state index contributed by atoms with van der Waals surface area (Å²) in [5.74, 6) is 0.0355. The molecule has 0 saturated carbocycles. The van der Waals surface area contributed by atoms with E-state index in [1.54, 1.807) is 4.68 Å². The first-order valence-electron chi connectivity index (χ1n) is 7.12. The fraction of sp³-hybridized carbons (Fsp3) is 0.400. The molecule has 2 heterocycles. The molecule has 6 heteroatoms. The summed E-state index contributed by atoms with van der Waals surface area (Å²) in [7, 11) is 0. The van der Waals surface area contributed by atoms with Gasteiger partial charge in [0.2, 0.25) is 5.91 Å². The zero-order valence-corrected chi connectivity index (χ0v) is 11.7. The van der Waals surface area contributed by atoms with E-state index >= 15 is 0 Å². The Morgan fingerprint density at radius 1 is 1.29 bits per heavy atom. The van der Waals surface area contributed by atoms with E-state index in [2.05, 4.69) is 15.6 Å². The van der Waals surface area contributed by atoms with Crippen molar-refractivity contribution in [1.82, 2.24) is 20.3 Å². The normalized spacial score (nSPS) is 20.2. The monoisotopic (exact) mass is 286 g/mol. The number of fused-ring (bicyclic) bond motifs is 2. The molecular weight excluding hydrogens is 268 g/mol. The maximum Gasteiger partial charge on any atom is 0.220 e. The number of nitrogens with zero attached hydrogens (tertiary/aromatic N) is 3. The van der Waals surface area contributed by atoms with Gasteiger partial charge < -0.3 is 10.1 Å². The lowest BCUT2D eigenvalue weighted by molar-refractivity contribution is -0.122. The zero-order chi connectivity index (χ0) is 14.5. The number of hydrogen-bond donors (Lipinski definition) is 1. The number of ether oxygens (including phenoxy) is 1. The molecule has 0 unspecified atom stereocenters. The first-order chi connectivity index (χ1) is 10.3. The molecule has 21 heavy (non-hydrogen) atoms. The molecule has 2 aromatic rings. The van der Waals surface area contributed by atoms with Crippen molar-refractivity contribution >= 4 is 5.91 Å². The maximum absolute atomic E-state index is 12.0. The average Bonchev–Trinajstić information content (AvgIpc) is 2.94. The lowest BCUT2D eigenvalue weighted by Gasteiger charge is -2.19. The fourth-order valence-electron chi connectivity index (χ4n) is 2.37. The number of nitrogens with one attached hydrogen (secondary N) is 1. The van der Waals surface area contributed by atoms with Gasteiger partial charge >= 0.3 is 0 Å². The quantitative estimate of drug-likeness (QED) is 0.861. The minimum absolute atomic E-state index is 0.0355. The predicted molar refractivity (Wildman–Crippen MR) is 76.2 cm³/mol. The van der Waals surface area contributed by atoms with E-state index in [0.29, 0.717) is 26.2 Å². The Morgan fingerprint density at radius 2 is 2.14 bits per heavy atom. The van der Waals surface area contributed by atoms with Crippen molar-refractivity contribution < 1.29 is 9.53 Å². The second-order valence-corrected chi connectivity index (χ2v) is 5.12. The van der Waals surface area contributed by atoms with Gasteiger partial charge in [0, 0.05) is 13.0 Å². The predicted octanol–water partition coefficient (Wildman–Crippen LogP) is 1.45. The first kappa shape index (κ1) is 13.8. The summed E-state index contributed by atoms with van der Waals surface area (Å²) in [4.78, 5) is 12.0. The Balaban J connectivity index is 1.75. The van der Waals surface area contributed by atoms with Crippen LogP contribution in [0, 0.1) is 0 Å². The molecule has 6 nitrogen and oxygen atoms in total. The van der Waals surface area contributed by atoms with E-state index in [1.165, 1.54) is 0 Å². The van der Waals surface area contributed by atoms with Gasteiger partial charge in [-0.3, -0.25) is 9.48 Å². The number of carbonyl (C=O) groups is 1. The molecule has 1 N–H and O–H groups in total. The third kappa shape index (κ3) is 3.66. The summed E-state index contributed by atoms with van der Waals surface area (Å²) in [5, 5.41) is 11.1. The minimum atomic E-state index is -0.131. The topological polar surface area (TPSA) is 69.0 Å². The molecule has 110 valence electrons. The summed E-state index contributed by atoms with van der Waals surface area (Å²) in [5.41, 5.74) is 1.86. The van der Waals surface area contributed by atoms with Crippen LogP contribution in [0.5, 0.6) is 0 Å². The van der Waals surface area contributed by atoms with Crippen molar-refractivity contribution in [2.75, 3.05) is 6.61 Å². The average molecular weight is 286 g/mol. The van der Waals surface area contributed by atoms with Crippen molar-refractivity contribution in [3.63, 3.8) is 0 Å². The van der Waals surface area contributed by atoms with Gasteiger partial charge in [-0.05, 0) is 12.0 Å². The highest BCUT2D eigenvalue weighted by Crippen LogP contribution is 2.15. The van der Waals surface area contributed by atoms with Crippen LogP contribution in [0.15, 0.2) is 36.5 Å². The number of hydrogen-bond acceptors (Lipinski definition) is 4. The van der Waals surface area contributed by atoms with Crippen LogP contribution in [0.4, 0.5) is 0 Å². The van der Waals surface area contributed by atoms with E-state index in [0.717, 1.165) is 17.7 Å². The van der Waals surface area contributed by atoms with Gasteiger partial charge in [0.25, 0.3) is 0 Å². The lowest BCUT2D eigenvalue weighted by atomic mass is 10.1. The summed E-state index contributed by atoms with van der Waals surface area (Å²) >= 11 is 0. The van der Waals surface area contributed by atoms with Gasteiger partial charge in [-0.25, -0.2) is 0 Å². The summed E-state index contributed by atoms with van der Waals surface area (Å²) in [6, 6.07) is 9.74. The van der Waals surface area contributed by atoms with Crippen LogP contribution >= 0.6 is 0 Å². The summed E-state index contributed by atoms with van der Waals surface area (Å²) in [6.07, 6.45) is 3.09. The minimum Gasteiger partial charge on any atom is -0.373 e. The first-order valence-corrected chi connectivity index (χ1v) is 7.12. The van der Waals surface area contributed by atoms with Gasteiger partial charge in [0.15, 0.2) is 0 Å². The van der Waals surface area contributed by atoms with Crippen LogP contribution in [-0.2, 0) is 22.7 Å². The molecule has 1 atom stereocenters. The summed E-state index contributed by atoms with van der Waals surface area (Å²) < 4.78 is 7.44. The van der Waals surface area contributed by atoms with Crippen molar-refractivity contribution in [2.24, 2.45) is 0 Å². The highest BCUT2D eigenvalue weighted by Gasteiger charge is 2.16. The smallest absolute Gasteiger partial charge is 0.220 e. The van der Waals surface area contributed by atoms with Gasteiger partial charge in [0.05, 0.1) is 25.5 Å². The van der Waals surface area contributed by atoms with Crippen LogP contribution in [0.25, 0.3) is 0 Å². The molecule has 1 aliphatic rings. The van der Waals surface area contributed by atoms with E-state index in [-0.39, 0.29) is 11.9 Å². The SMILES string of the molecule is O=C1CCCn2cc(nn2)COC[C@H](c2ccccc2)N1. The number of amides is 1. The fourth-order valence-corrected chi connectivity index (χ4v) is 2.37. The molecule has 0 radical (unpaired) electrons. The van der Waals surface area contributed by atoms with Gasteiger partial charge in [0.1, 0.15) is 5.69 Å². The number of aromatic nitrogens is 3. The van der Waals surface area contributed by atoms with Gasteiger partial charge in [-0.2, -0.15) is 0 Å². The Hall–Kier alpha value is -2.21. The number of carbonyl (C=O) groups excluding carboxylic acids is 1. The van der Waals surface area contributed by atoms with E-state index < -0.39 is 0 Å². The molecule has 0 spiro atoms. The van der Waals surface area contributed by atoms with Crippen LogP contribution in [0.3, 0.4) is 0 Å². The second kappa shape index (κ2) is 6.49. The molecule has 0 aliphatic carbocycles. The van der Waals surface area contributed by atoms with Gasteiger partial charge in [-0.15, -0.1) is 5.10 Å². The molecule has 1 aromatic heterocycles. The van der Waals surface area contributed by atoms with Crippen LogP contribution in [0.2, 0.25) is 0 Å².